The van der Waals surface area contributed by atoms with Gasteiger partial charge in [0.2, 0.25) is 0 Å². The molecule has 4 nitrogen and oxygen atoms in total. The summed E-state index contributed by atoms with van der Waals surface area (Å²) < 4.78 is 9.56. The molecule has 0 fully saturated rings. The first kappa shape index (κ1) is 7.32. The van der Waals surface area contributed by atoms with Gasteiger partial charge in [-0.05, 0) is 18.2 Å². The van der Waals surface area contributed by atoms with Crippen molar-refractivity contribution in [2.75, 3.05) is 0 Å². The van der Waals surface area contributed by atoms with E-state index in [1.165, 1.54) is 12.3 Å². The second-order valence-electron chi connectivity index (χ2n) is 3.03. The van der Waals surface area contributed by atoms with E-state index in [1.54, 1.807) is 12.1 Å². The van der Waals surface area contributed by atoms with Crippen molar-refractivity contribution in [2.24, 2.45) is 0 Å². The van der Waals surface area contributed by atoms with Gasteiger partial charge in [-0.1, -0.05) is 0 Å². The summed E-state index contributed by atoms with van der Waals surface area (Å²) in [4.78, 5) is 22.3. The third-order valence-electron chi connectivity index (χ3n) is 2.22. The number of carbonyl (C=O) groups is 2. The van der Waals surface area contributed by atoms with Crippen LogP contribution in [0.15, 0.2) is 28.9 Å². The van der Waals surface area contributed by atoms with Gasteiger partial charge in [0.25, 0.3) is 0 Å². The Morgan fingerprint density at radius 1 is 1.00 bits per heavy atom. The highest BCUT2D eigenvalue weighted by atomic mass is 16.6. The fraction of sp³-hybridized carbons (Fsp3) is 0. The molecule has 1 aromatic carbocycles. The Morgan fingerprint density at radius 3 is 2.50 bits per heavy atom. The van der Waals surface area contributed by atoms with Crippen molar-refractivity contribution in [2.45, 2.75) is 0 Å². The van der Waals surface area contributed by atoms with Gasteiger partial charge in [0.15, 0.2) is 0 Å². The molecule has 4 heteroatoms. The van der Waals surface area contributed by atoms with Gasteiger partial charge in [-0.2, -0.15) is 0 Å². The minimum Gasteiger partial charge on any atom is -0.464 e. The number of ether oxygens (including phenoxy) is 1. The molecule has 0 N–H and O–H groups in total. The zero-order valence-electron chi connectivity index (χ0n) is 6.94. The zero-order valence-corrected chi connectivity index (χ0v) is 6.94. The van der Waals surface area contributed by atoms with Crippen LogP contribution in [0.25, 0.3) is 11.0 Å². The Morgan fingerprint density at radius 2 is 1.71 bits per heavy atom. The Bertz CT molecular complexity index is 517. The van der Waals surface area contributed by atoms with Gasteiger partial charge in [0, 0.05) is 5.39 Å². The van der Waals surface area contributed by atoms with E-state index < -0.39 is 11.9 Å². The van der Waals surface area contributed by atoms with Crippen molar-refractivity contribution in [3.05, 3.63) is 35.6 Å². The fourth-order valence-electron chi connectivity index (χ4n) is 1.54. The molecule has 0 bridgehead atoms. The number of carbonyl (C=O) groups excluding carboxylic acids is 2. The summed E-state index contributed by atoms with van der Waals surface area (Å²) in [6.07, 6.45) is 1.51. The molecule has 1 aromatic heterocycles. The first-order valence-corrected chi connectivity index (χ1v) is 4.03. The average Bonchev–Trinajstić information content (AvgIpc) is 2.70. The minimum atomic E-state index is -0.608. The molecule has 68 valence electrons. The molecule has 2 heterocycles. The lowest BCUT2D eigenvalue weighted by atomic mass is 10.1. The summed E-state index contributed by atoms with van der Waals surface area (Å²) in [6, 6.07) is 4.85. The number of fused-ring (bicyclic) bond motifs is 2. The van der Waals surface area contributed by atoms with E-state index in [0.717, 1.165) is 5.39 Å². The minimum absolute atomic E-state index is 0.275. The van der Waals surface area contributed by atoms with E-state index in [1.807, 2.05) is 0 Å². The Kier molecular flexibility index (Phi) is 1.16. The molecule has 0 saturated heterocycles. The average molecular weight is 188 g/mol. The standard InChI is InChI=1S/C10H4O4/c11-9-6-3-5-1-2-13-8(5)4-7(6)10(12)14-9/h1-4H. The normalized spacial score (nSPS) is 14.6. The van der Waals surface area contributed by atoms with Crippen molar-refractivity contribution in [3.8, 4) is 0 Å². The molecule has 1 aliphatic heterocycles. The summed E-state index contributed by atoms with van der Waals surface area (Å²) in [6.45, 7) is 0. The van der Waals surface area contributed by atoms with Crippen molar-refractivity contribution in [1.29, 1.82) is 0 Å². The van der Waals surface area contributed by atoms with Gasteiger partial charge in [0.1, 0.15) is 5.58 Å². The second kappa shape index (κ2) is 2.23. The van der Waals surface area contributed by atoms with Crippen molar-refractivity contribution in [1.82, 2.24) is 0 Å². The van der Waals surface area contributed by atoms with Crippen LogP contribution in [0.4, 0.5) is 0 Å². The zero-order chi connectivity index (χ0) is 9.71. The van der Waals surface area contributed by atoms with E-state index in [4.69, 9.17) is 4.42 Å². The molecule has 3 rings (SSSR count). The second-order valence-corrected chi connectivity index (χ2v) is 3.03. The fourth-order valence-corrected chi connectivity index (χ4v) is 1.54. The monoisotopic (exact) mass is 188 g/mol. The van der Waals surface area contributed by atoms with E-state index >= 15 is 0 Å². The number of esters is 2. The molecule has 1 aliphatic rings. The lowest BCUT2D eigenvalue weighted by molar-refractivity contribution is 0.0444. The summed E-state index contributed by atoms with van der Waals surface area (Å²) in [7, 11) is 0. The Labute approximate surface area is 78.1 Å². The number of rotatable bonds is 0. The first-order chi connectivity index (χ1) is 6.75. The molecule has 0 spiro atoms. The third kappa shape index (κ3) is 0.771. The maximum Gasteiger partial charge on any atom is 0.347 e. The molecule has 0 saturated carbocycles. The molecule has 14 heavy (non-hydrogen) atoms. The maximum atomic E-state index is 11.2. The summed E-state index contributed by atoms with van der Waals surface area (Å²) in [5.74, 6) is -1.20. The van der Waals surface area contributed by atoms with Crippen LogP contribution in [0.1, 0.15) is 20.7 Å². The van der Waals surface area contributed by atoms with Crippen LogP contribution >= 0.6 is 0 Å². The van der Waals surface area contributed by atoms with Crippen molar-refractivity contribution in [3.63, 3.8) is 0 Å². The lowest BCUT2D eigenvalue weighted by Crippen LogP contribution is -1.96. The van der Waals surface area contributed by atoms with Crippen LogP contribution < -0.4 is 0 Å². The van der Waals surface area contributed by atoms with Crippen LogP contribution in [0.5, 0.6) is 0 Å². The molecule has 0 aliphatic carbocycles. The highest BCUT2D eigenvalue weighted by Crippen LogP contribution is 2.26. The van der Waals surface area contributed by atoms with Crippen LogP contribution in [-0.2, 0) is 4.74 Å². The van der Waals surface area contributed by atoms with Crippen molar-refractivity contribution < 1.29 is 18.7 Å². The van der Waals surface area contributed by atoms with E-state index in [2.05, 4.69) is 4.74 Å². The van der Waals surface area contributed by atoms with Gasteiger partial charge < -0.3 is 9.15 Å². The van der Waals surface area contributed by atoms with Crippen LogP contribution in [0, 0.1) is 0 Å². The van der Waals surface area contributed by atoms with Crippen LogP contribution in [-0.4, -0.2) is 11.9 Å². The smallest absolute Gasteiger partial charge is 0.347 e. The lowest BCUT2D eigenvalue weighted by Gasteiger charge is -1.91. The molecular formula is C10H4O4. The van der Waals surface area contributed by atoms with Gasteiger partial charge in [-0.25, -0.2) is 9.59 Å². The van der Waals surface area contributed by atoms with Crippen LogP contribution in [0.3, 0.4) is 0 Å². The Hall–Kier alpha value is -2.10. The Balaban J connectivity index is 2.43. The highest BCUT2D eigenvalue weighted by molar-refractivity contribution is 6.16. The van der Waals surface area contributed by atoms with Gasteiger partial charge in [0.05, 0.1) is 17.4 Å². The number of hydrogen-bond acceptors (Lipinski definition) is 4. The van der Waals surface area contributed by atoms with E-state index in [9.17, 15) is 9.59 Å². The quantitative estimate of drug-likeness (QED) is 0.466. The number of hydrogen-bond donors (Lipinski definition) is 0. The van der Waals surface area contributed by atoms with Gasteiger partial charge >= 0.3 is 11.9 Å². The van der Waals surface area contributed by atoms with E-state index in [-0.39, 0.29) is 5.56 Å². The van der Waals surface area contributed by atoms with Gasteiger partial charge in [-0.15, -0.1) is 0 Å². The predicted octanol–water partition coefficient (Wildman–Crippen LogP) is 1.74. The van der Waals surface area contributed by atoms with E-state index in [0.29, 0.717) is 11.1 Å². The number of cyclic esters (lactones) is 2. The maximum absolute atomic E-state index is 11.2. The number of benzene rings is 1. The number of furan rings is 1. The van der Waals surface area contributed by atoms with Crippen molar-refractivity contribution >= 4 is 22.9 Å². The molecular weight excluding hydrogens is 184 g/mol. The molecule has 0 amide bonds. The molecule has 0 radical (unpaired) electrons. The molecule has 0 unspecified atom stereocenters. The summed E-state index contributed by atoms with van der Waals surface area (Å²) in [5, 5.41) is 0.787. The SMILES string of the molecule is O=C1OC(=O)c2cc3occc3cc21. The molecule has 0 atom stereocenters. The first-order valence-electron chi connectivity index (χ1n) is 4.03. The van der Waals surface area contributed by atoms with Gasteiger partial charge in [-0.3, -0.25) is 0 Å². The third-order valence-corrected chi connectivity index (χ3v) is 2.22. The summed E-state index contributed by atoms with van der Waals surface area (Å²) >= 11 is 0. The molecule has 2 aromatic rings. The van der Waals surface area contributed by atoms with Crippen LogP contribution in [0.2, 0.25) is 0 Å². The summed E-state index contributed by atoms with van der Waals surface area (Å²) in [5.41, 5.74) is 1.16. The highest BCUT2D eigenvalue weighted by Gasteiger charge is 2.30. The predicted molar refractivity (Wildman–Crippen MR) is 46.0 cm³/mol. The topological polar surface area (TPSA) is 56.5 Å². The largest absolute Gasteiger partial charge is 0.464 e.